The van der Waals surface area contributed by atoms with Crippen molar-refractivity contribution >= 4 is 17.3 Å². The molecule has 0 spiro atoms. The van der Waals surface area contributed by atoms with Crippen molar-refractivity contribution in [3.05, 3.63) is 29.3 Å². The van der Waals surface area contributed by atoms with E-state index in [1.165, 1.54) is 25.7 Å². The first-order valence-electron chi connectivity index (χ1n) is 5.34. The average molecular weight is 210 g/mol. The molecule has 1 aliphatic carbocycles. The smallest absolute Gasteiger partial charge is 0.0637 e. The Morgan fingerprint density at radius 2 is 2.07 bits per heavy atom. The van der Waals surface area contributed by atoms with Crippen LogP contribution in [-0.2, 0) is 0 Å². The second-order valence-corrected chi connectivity index (χ2v) is 4.40. The summed E-state index contributed by atoms with van der Waals surface area (Å²) in [5.41, 5.74) is 1.06. The van der Waals surface area contributed by atoms with Gasteiger partial charge in [-0.1, -0.05) is 43.0 Å². The molecule has 2 heteroatoms. The van der Waals surface area contributed by atoms with Gasteiger partial charge in [0.1, 0.15) is 0 Å². The Balaban J connectivity index is 1.76. The predicted molar refractivity (Wildman–Crippen MR) is 61.9 cm³/mol. The summed E-state index contributed by atoms with van der Waals surface area (Å²) in [6.07, 6.45) is 5.55. The van der Waals surface area contributed by atoms with E-state index >= 15 is 0 Å². The molecule has 1 aromatic carbocycles. The molecule has 1 fully saturated rings. The molecule has 76 valence electrons. The molecule has 14 heavy (non-hydrogen) atoms. The molecule has 1 aromatic rings. The molecule has 0 atom stereocenters. The average Bonchev–Trinajstić information content (AvgIpc) is 2.12. The van der Waals surface area contributed by atoms with E-state index in [4.69, 9.17) is 11.6 Å². The molecule has 0 saturated heterocycles. The number of hydrogen-bond acceptors (Lipinski definition) is 1. The summed E-state index contributed by atoms with van der Waals surface area (Å²) in [6, 6.07) is 7.92. The van der Waals surface area contributed by atoms with E-state index in [-0.39, 0.29) is 0 Å². The zero-order chi connectivity index (χ0) is 9.80. The van der Waals surface area contributed by atoms with Crippen molar-refractivity contribution in [2.45, 2.75) is 25.7 Å². The van der Waals surface area contributed by atoms with Gasteiger partial charge < -0.3 is 5.32 Å². The Labute approximate surface area is 90.5 Å². The lowest BCUT2D eigenvalue weighted by atomic mass is 9.83. The lowest BCUT2D eigenvalue weighted by molar-refractivity contribution is 0.303. The normalized spacial score (nSPS) is 16.4. The Morgan fingerprint density at radius 1 is 1.29 bits per heavy atom. The van der Waals surface area contributed by atoms with Crippen molar-refractivity contribution in [3.63, 3.8) is 0 Å². The van der Waals surface area contributed by atoms with Crippen LogP contribution < -0.4 is 5.32 Å². The molecule has 2 rings (SSSR count). The monoisotopic (exact) mass is 209 g/mol. The Kier molecular flexibility index (Phi) is 3.30. The molecular weight excluding hydrogens is 194 g/mol. The van der Waals surface area contributed by atoms with Gasteiger partial charge >= 0.3 is 0 Å². The Hall–Kier alpha value is -0.690. The van der Waals surface area contributed by atoms with Crippen LogP contribution in [0.25, 0.3) is 0 Å². The van der Waals surface area contributed by atoms with E-state index in [0.717, 1.165) is 23.2 Å². The van der Waals surface area contributed by atoms with Gasteiger partial charge in [-0.15, -0.1) is 0 Å². The largest absolute Gasteiger partial charge is 0.384 e. The summed E-state index contributed by atoms with van der Waals surface area (Å²) in [4.78, 5) is 0. The molecule has 1 aliphatic rings. The van der Waals surface area contributed by atoms with Crippen LogP contribution in [-0.4, -0.2) is 6.54 Å². The third-order valence-corrected chi connectivity index (χ3v) is 3.30. The molecule has 1 nitrogen and oxygen atoms in total. The molecule has 0 bridgehead atoms. The van der Waals surface area contributed by atoms with Crippen molar-refractivity contribution in [2.24, 2.45) is 5.92 Å². The van der Waals surface area contributed by atoms with E-state index in [1.807, 2.05) is 24.3 Å². The highest BCUT2D eigenvalue weighted by molar-refractivity contribution is 6.33. The van der Waals surface area contributed by atoms with E-state index in [0.29, 0.717) is 0 Å². The van der Waals surface area contributed by atoms with Crippen LogP contribution in [0.3, 0.4) is 0 Å². The van der Waals surface area contributed by atoms with Crippen molar-refractivity contribution in [2.75, 3.05) is 11.9 Å². The van der Waals surface area contributed by atoms with Crippen molar-refractivity contribution in [1.82, 2.24) is 0 Å². The molecule has 0 aliphatic heterocycles. The zero-order valence-corrected chi connectivity index (χ0v) is 9.06. The van der Waals surface area contributed by atoms with Crippen molar-refractivity contribution in [3.8, 4) is 0 Å². The second kappa shape index (κ2) is 4.70. The number of nitrogens with one attached hydrogen (secondary N) is 1. The first-order valence-corrected chi connectivity index (χ1v) is 5.72. The predicted octanol–water partition coefficient (Wildman–Crippen LogP) is 3.94. The van der Waals surface area contributed by atoms with E-state index in [1.54, 1.807) is 0 Å². The van der Waals surface area contributed by atoms with E-state index < -0.39 is 0 Å². The molecule has 0 radical (unpaired) electrons. The van der Waals surface area contributed by atoms with Gasteiger partial charge in [-0.2, -0.15) is 0 Å². The highest BCUT2D eigenvalue weighted by Gasteiger charge is 2.16. The number of anilines is 1. The SMILES string of the molecule is Clc1ccccc1NCCC1CCC1. The van der Waals surface area contributed by atoms with Gasteiger partial charge in [-0.25, -0.2) is 0 Å². The summed E-state index contributed by atoms with van der Waals surface area (Å²) < 4.78 is 0. The molecule has 1 N–H and O–H groups in total. The summed E-state index contributed by atoms with van der Waals surface area (Å²) in [7, 11) is 0. The standard InChI is InChI=1S/C12H16ClN/c13-11-6-1-2-7-12(11)14-9-8-10-4-3-5-10/h1-2,6-7,10,14H,3-5,8-9H2. The van der Waals surface area contributed by atoms with Gasteiger partial charge in [-0.3, -0.25) is 0 Å². The topological polar surface area (TPSA) is 12.0 Å². The van der Waals surface area contributed by atoms with Crippen LogP contribution in [0.4, 0.5) is 5.69 Å². The van der Waals surface area contributed by atoms with Gasteiger partial charge in [-0.05, 0) is 24.5 Å². The third-order valence-electron chi connectivity index (χ3n) is 2.97. The third kappa shape index (κ3) is 2.42. The highest BCUT2D eigenvalue weighted by atomic mass is 35.5. The van der Waals surface area contributed by atoms with Crippen LogP contribution in [0.2, 0.25) is 5.02 Å². The van der Waals surface area contributed by atoms with Gasteiger partial charge in [0.15, 0.2) is 0 Å². The lowest BCUT2D eigenvalue weighted by Gasteiger charge is -2.25. The second-order valence-electron chi connectivity index (χ2n) is 3.99. The van der Waals surface area contributed by atoms with Crippen molar-refractivity contribution in [1.29, 1.82) is 0 Å². The number of hydrogen-bond donors (Lipinski definition) is 1. The summed E-state index contributed by atoms with van der Waals surface area (Å²) in [5, 5.41) is 4.20. The van der Waals surface area contributed by atoms with Gasteiger partial charge in [0.05, 0.1) is 10.7 Å². The van der Waals surface area contributed by atoms with Crippen LogP contribution in [0.15, 0.2) is 24.3 Å². The first kappa shape index (κ1) is 9.85. The number of rotatable bonds is 4. The van der Waals surface area contributed by atoms with Crippen LogP contribution in [0, 0.1) is 5.92 Å². The minimum absolute atomic E-state index is 0.820. The fraction of sp³-hybridized carbons (Fsp3) is 0.500. The van der Waals surface area contributed by atoms with Gasteiger partial charge in [0, 0.05) is 6.54 Å². The van der Waals surface area contributed by atoms with Crippen molar-refractivity contribution < 1.29 is 0 Å². The number of halogens is 1. The van der Waals surface area contributed by atoms with Crippen LogP contribution in [0.1, 0.15) is 25.7 Å². The van der Waals surface area contributed by atoms with E-state index in [2.05, 4.69) is 5.32 Å². The Morgan fingerprint density at radius 3 is 2.71 bits per heavy atom. The number of para-hydroxylation sites is 1. The van der Waals surface area contributed by atoms with E-state index in [9.17, 15) is 0 Å². The summed E-state index contributed by atoms with van der Waals surface area (Å²) in [6.45, 7) is 1.05. The minimum atomic E-state index is 0.820. The molecule has 0 unspecified atom stereocenters. The first-order chi connectivity index (χ1) is 6.86. The zero-order valence-electron chi connectivity index (χ0n) is 8.30. The highest BCUT2D eigenvalue weighted by Crippen LogP contribution is 2.29. The molecule has 1 saturated carbocycles. The number of benzene rings is 1. The maximum absolute atomic E-state index is 6.02. The van der Waals surface area contributed by atoms with Crippen LogP contribution in [0.5, 0.6) is 0 Å². The fourth-order valence-electron chi connectivity index (χ4n) is 1.80. The molecule has 0 aromatic heterocycles. The van der Waals surface area contributed by atoms with Gasteiger partial charge in [0.2, 0.25) is 0 Å². The lowest BCUT2D eigenvalue weighted by Crippen LogP contribution is -2.15. The Bertz CT molecular complexity index is 294. The fourth-order valence-corrected chi connectivity index (χ4v) is 2.00. The maximum atomic E-state index is 6.02. The molecule has 0 amide bonds. The summed E-state index contributed by atoms with van der Waals surface area (Å²) >= 11 is 6.02. The quantitative estimate of drug-likeness (QED) is 0.792. The van der Waals surface area contributed by atoms with Crippen LogP contribution >= 0.6 is 11.6 Å². The maximum Gasteiger partial charge on any atom is 0.0637 e. The molecular formula is C12H16ClN. The van der Waals surface area contributed by atoms with Gasteiger partial charge in [0.25, 0.3) is 0 Å². The summed E-state index contributed by atoms with van der Waals surface area (Å²) in [5.74, 6) is 0.963. The minimum Gasteiger partial charge on any atom is -0.384 e. The molecule has 0 heterocycles.